The first-order chi connectivity index (χ1) is 15.2. The zero-order valence-corrected chi connectivity index (χ0v) is 19.7. The molecule has 7 nitrogen and oxygen atoms in total. The van der Waals surface area contributed by atoms with Crippen molar-refractivity contribution in [1.82, 2.24) is 9.21 Å². The smallest absolute Gasteiger partial charge is 0.243 e. The molecule has 0 saturated carbocycles. The van der Waals surface area contributed by atoms with Crippen molar-refractivity contribution >= 4 is 27.5 Å². The molecule has 1 saturated heterocycles. The lowest BCUT2D eigenvalue weighted by atomic mass is 10.1. The standard InChI is InChI=1S/C24H31N3O4S/c1-4-20-6-5-7-21(17-20)25-23(28)10-11-24(29)26-12-14-27(15-13-26)32(30,31)22-16-18(2)8-9-19(22)3/h5-9,16-17H,4,10-15H2,1-3H3,(H,25,28). The van der Waals surface area contributed by atoms with Gasteiger partial charge in [0.1, 0.15) is 0 Å². The number of anilines is 1. The normalized spacial score (nSPS) is 14.9. The summed E-state index contributed by atoms with van der Waals surface area (Å²) in [5.74, 6) is -0.339. The van der Waals surface area contributed by atoms with E-state index >= 15 is 0 Å². The van der Waals surface area contributed by atoms with Crippen molar-refractivity contribution in [1.29, 1.82) is 0 Å². The highest BCUT2D eigenvalue weighted by Crippen LogP contribution is 2.22. The van der Waals surface area contributed by atoms with Crippen molar-refractivity contribution in [2.75, 3.05) is 31.5 Å². The molecule has 0 unspecified atom stereocenters. The van der Waals surface area contributed by atoms with Gasteiger partial charge >= 0.3 is 0 Å². The molecule has 2 amide bonds. The molecule has 0 spiro atoms. The van der Waals surface area contributed by atoms with E-state index in [1.54, 1.807) is 17.9 Å². The minimum absolute atomic E-state index is 0.0934. The first-order valence-electron chi connectivity index (χ1n) is 10.9. The van der Waals surface area contributed by atoms with Crippen LogP contribution in [-0.4, -0.2) is 55.6 Å². The SMILES string of the molecule is CCc1cccc(NC(=O)CCC(=O)N2CCN(S(=O)(=O)c3cc(C)ccc3C)CC2)c1. The maximum atomic E-state index is 13.0. The van der Waals surface area contributed by atoms with Gasteiger partial charge in [0.15, 0.2) is 0 Å². The Kier molecular flexibility index (Phi) is 7.69. The van der Waals surface area contributed by atoms with Crippen LogP contribution in [0.4, 0.5) is 5.69 Å². The Morgan fingerprint density at radius 2 is 1.69 bits per heavy atom. The number of amides is 2. The summed E-state index contributed by atoms with van der Waals surface area (Å²) < 4.78 is 27.5. The van der Waals surface area contributed by atoms with Crippen molar-refractivity contribution in [2.24, 2.45) is 0 Å². The second kappa shape index (κ2) is 10.3. The van der Waals surface area contributed by atoms with Crippen LogP contribution >= 0.6 is 0 Å². The first kappa shape index (κ1) is 23.9. The minimum atomic E-state index is -3.60. The zero-order valence-electron chi connectivity index (χ0n) is 18.9. The van der Waals surface area contributed by atoms with Crippen molar-refractivity contribution in [3.8, 4) is 0 Å². The number of carbonyl (C=O) groups excluding carboxylic acids is 2. The highest BCUT2D eigenvalue weighted by atomic mass is 32.2. The molecule has 1 heterocycles. The summed E-state index contributed by atoms with van der Waals surface area (Å²) >= 11 is 0. The fourth-order valence-electron chi connectivity index (χ4n) is 3.77. The predicted molar refractivity (Wildman–Crippen MR) is 125 cm³/mol. The zero-order chi connectivity index (χ0) is 23.3. The molecule has 1 N–H and O–H groups in total. The highest BCUT2D eigenvalue weighted by molar-refractivity contribution is 7.89. The number of piperazine rings is 1. The average molecular weight is 458 g/mol. The Hall–Kier alpha value is -2.71. The van der Waals surface area contributed by atoms with Gasteiger partial charge in [-0.3, -0.25) is 9.59 Å². The molecule has 3 rings (SSSR count). The number of benzene rings is 2. The largest absolute Gasteiger partial charge is 0.340 e. The van der Waals surface area contributed by atoms with Gasteiger partial charge < -0.3 is 10.2 Å². The second-order valence-corrected chi connectivity index (χ2v) is 10.1. The summed E-state index contributed by atoms with van der Waals surface area (Å²) in [6.45, 7) is 6.84. The molecule has 2 aromatic rings. The summed E-state index contributed by atoms with van der Waals surface area (Å²) in [4.78, 5) is 26.7. The van der Waals surface area contributed by atoms with E-state index in [1.807, 2.05) is 50.2 Å². The molecule has 2 aromatic carbocycles. The van der Waals surface area contributed by atoms with Crippen LogP contribution in [0.2, 0.25) is 0 Å². The summed E-state index contributed by atoms with van der Waals surface area (Å²) in [6, 6.07) is 13.0. The molecule has 1 fully saturated rings. The Balaban J connectivity index is 1.51. The van der Waals surface area contributed by atoms with Crippen molar-refractivity contribution < 1.29 is 18.0 Å². The van der Waals surface area contributed by atoms with E-state index < -0.39 is 10.0 Å². The number of nitrogens with one attached hydrogen (secondary N) is 1. The first-order valence-corrected chi connectivity index (χ1v) is 12.4. The van der Waals surface area contributed by atoms with Crippen LogP contribution in [0.3, 0.4) is 0 Å². The Bertz CT molecular complexity index is 1090. The molecule has 0 atom stereocenters. The van der Waals surface area contributed by atoms with Gasteiger partial charge in [-0.15, -0.1) is 0 Å². The lowest BCUT2D eigenvalue weighted by Crippen LogP contribution is -2.50. The number of hydrogen-bond acceptors (Lipinski definition) is 4. The minimum Gasteiger partial charge on any atom is -0.340 e. The van der Waals surface area contributed by atoms with Crippen LogP contribution < -0.4 is 5.32 Å². The van der Waals surface area contributed by atoms with E-state index in [9.17, 15) is 18.0 Å². The molecule has 0 bridgehead atoms. The number of carbonyl (C=O) groups is 2. The summed E-state index contributed by atoms with van der Waals surface area (Å²) in [6.07, 6.45) is 1.08. The Labute approximate surface area is 190 Å². The molecule has 8 heteroatoms. The summed E-state index contributed by atoms with van der Waals surface area (Å²) in [5, 5.41) is 2.83. The van der Waals surface area contributed by atoms with E-state index in [0.29, 0.717) is 23.5 Å². The number of rotatable bonds is 7. The molecule has 0 aromatic heterocycles. The average Bonchev–Trinajstić information content (AvgIpc) is 2.79. The molecule has 0 aliphatic carbocycles. The molecule has 1 aliphatic rings. The van der Waals surface area contributed by atoms with Gasteiger partial charge in [-0.05, 0) is 55.2 Å². The fourth-order valence-corrected chi connectivity index (χ4v) is 5.51. The number of nitrogens with zero attached hydrogens (tertiary/aromatic N) is 2. The van der Waals surface area contributed by atoms with Crippen LogP contribution in [0.1, 0.15) is 36.5 Å². The van der Waals surface area contributed by atoms with Crippen molar-refractivity contribution in [3.05, 3.63) is 59.2 Å². The molecule has 0 radical (unpaired) electrons. The monoisotopic (exact) mass is 457 g/mol. The van der Waals surface area contributed by atoms with Gasteiger partial charge in [0.2, 0.25) is 21.8 Å². The topological polar surface area (TPSA) is 86.8 Å². The second-order valence-electron chi connectivity index (χ2n) is 8.16. The van der Waals surface area contributed by atoms with Gasteiger partial charge in [-0.2, -0.15) is 4.31 Å². The summed E-state index contributed by atoms with van der Waals surface area (Å²) in [7, 11) is -3.60. The Morgan fingerprint density at radius 3 is 2.38 bits per heavy atom. The number of aryl methyl sites for hydroxylation is 3. The maximum Gasteiger partial charge on any atom is 0.243 e. The van der Waals surface area contributed by atoms with Gasteiger partial charge in [-0.25, -0.2) is 8.42 Å². The van der Waals surface area contributed by atoms with E-state index in [1.165, 1.54) is 4.31 Å². The highest BCUT2D eigenvalue weighted by Gasteiger charge is 2.31. The lowest BCUT2D eigenvalue weighted by molar-refractivity contribution is -0.133. The predicted octanol–water partition coefficient (Wildman–Crippen LogP) is 3.12. The van der Waals surface area contributed by atoms with E-state index in [4.69, 9.17) is 0 Å². The fraction of sp³-hybridized carbons (Fsp3) is 0.417. The third kappa shape index (κ3) is 5.75. The van der Waals surface area contributed by atoms with Gasteiger partial charge in [0.25, 0.3) is 0 Å². The van der Waals surface area contributed by atoms with Crippen LogP contribution in [-0.2, 0) is 26.0 Å². The van der Waals surface area contributed by atoms with E-state index in [0.717, 1.165) is 23.2 Å². The van der Waals surface area contributed by atoms with Crippen molar-refractivity contribution in [2.45, 2.75) is 44.9 Å². The quantitative estimate of drug-likeness (QED) is 0.692. The van der Waals surface area contributed by atoms with E-state index in [-0.39, 0.29) is 37.7 Å². The third-order valence-electron chi connectivity index (χ3n) is 5.74. The van der Waals surface area contributed by atoms with Crippen LogP contribution in [0.25, 0.3) is 0 Å². The maximum absolute atomic E-state index is 13.0. The van der Waals surface area contributed by atoms with E-state index in [2.05, 4.69) is 5.32 Å². The van der Waals surface area contributed by atoms with Gasteiger partial charge in [0.05, 0.1) is 4.90 Å². The van der Waals surface area contributed by atoms with Crippen LogP contribution in [0.5, 0.6) is 0 Å². The molecule has 32 heavy (non-hydrogen) atoms. The molecular formula is C24H31N3O4S. The number of hydrogen-bond donors (Lipinski definition) is 1. The summed E-state index contributed by atoms with van der Waals surface area (Å²) in [5.41, 5.74) is 3.46. The Morgan fingerprint density at radius 1 is 0.969 bits per heavy atom. The van der Waals surface area contributed by atoms with Gasteiger partial charge in [0, 0.05) is 44.7 Å². The lowest BCUT2D eigenvalue weighted by Gasteiger charge is -2.34. The molecule has 172 valence electrons. The van der Waals surface area contributed by atoms with Gasteiger partial charge in [-0.1, -0.05) is 31.2 Å². The van der Waals surface area contributed by atoms with Crippen LogP contribution in [0, 0.1) is 13.8 Å². The molecular weight excluding hydrogens is 426 g/mol. The third-order valence-corrected chi connectivity index (χ3v) is 7.78. The number of sulfonamides is 1. The van der Waals surface area contributed by atoms with Crippen LogP contribution in [0.15, 0.2) is 47.4 Å². The molecule has 1 aliphatic heterocycles. The van der Waals surface area contributed by atoms with Crippen molar-refractivity contribution in [3.63, 3.8) is 0 Å².